The quantitative estimate of drug-likeness (QED) is 0.556. The summed E-state index contributed by atoms with van der Waals surface area (Å²) in [6.45, 7) is 5.20. The van der Waals surface area contributed by atoms with Crippen LogP contribution < -0.4 is 16.6 Å². The van der Waals surface area contributed by atoms with Gasteiger partial charge in [-0.05, 0) is 19.3 Å². The van der Waals surface area contributed by atoms with E-state index in [1.165, 1.54) is 6.20 Å². The minimum absolute atomic E-state index is 0.0865. The van der Waals surface area contributed by atoms with E-state index in [9.17, 15) is 4.79 Å². The van der Waals surface area contributed by atoms with Crippen molar-refractivity contribution in [1.29, 1.82) is 0 Å². The molecule has 7 nitrogen and oxygen atoms in total. The molecule has 1 unspecified atom stereocenters. The van der Waals surface area contributed by atoms with E-state index in [0.29, 0.717) is 18.1 Å². The van der Waals surface area contributed by atoms with Crippen molar-refractivity contribution < 1.29 is 9.53 Å². The molecule has 4 N–H and O–H groups in total. The minimum atomic E-state index is -0.263. The molecule has 2 heterocycles. The summed E-state index contributed by atoms with van der Waals surface area (Å²) < 4.78 is 5.59. The zero-order chi connectivity index (χ0) is 15.2. The molecule has 1 aliphatic heterocycles. The third kappa shape index (κ3) is 4.12. The molecule has 0 aromatic carbocycles. The van der Waals surface area contributed by atoms with E-state index in [0.717, 1.165) is 25.9 Å². The largest absolute Gasteiger partial charge is 0.376 e. The number of carbonyl (C=O) groups is 1. The number of hydrazine groups is 1. The van der Waals surface area contributed by atoms with Crippen LogP contribution in [0.3, 0.4) is 0 Å². The normalized spacial score (nSPS) is 18.6. The highest BCUT2D eigenvalue weighted by molar-refractivity contribution is 5.97. The Bertz CT molecular complexity index is 486. The average Bonchev–Trinajstić information content (AvgIpc) is 2.52. The van der Waals surface area contributed by atoms with Gasteiger partial charge in [-0.25, -0.2) is 9.97 Å². The molecular formula is C14H23N5O2. The lowest BCUT2D eigenvalue weighted by atomic mass is 10.1. The first-order valence-corrected chi connectivity index (χ1v) is 7.35. The van der Waals surface area contributed by atoms with E-state index >= 15 is 0 Å². The smallest absolute Gasteiger partial charge is 0.272 e. The number of aromatic nitrogens is 2. The highest BCUT2D eigenvalue weighted by atomic mass is 16.5. The first-order chi connectivity index (χ1) is 10.1. The first kappa shape index (κ1) is 15.7. The van der Waals surface area contributed by atoms with Gasteiger partial charge >= 0.3 is 0 Å². The number of nitrogens with one attached hydrogen (secondary N) is 2. The van der Waals surface area contributed by atoms with Crippen molar-refractivity contribution in [3.05, 3.63) is 17.7 Å². The van der Waals surface area contributed by atoms with Crippen molar-refractivity contribution in [2.75, 3.05) is 18.6 Å². The molecule has 0 saturated carbocycles. The molecule has 0 bridgehead atoms. The number of rotatable bonds is 5. The van der Waals surface area contributed by atoms with Gasteiger partial charge in [0.15, 0.2) is 5.69 Å². The van der Waals surface area contributed by atoms with Crippen LogP contribution in [0.1, 0.15) is 55.3 Å². The Hall–Kier alpha value is -1.73. The molecule has 1 atom stereocenters. The van der Waals surface area contributed by atoms with Gasteiger partial charge in [-0.15, -0.1) is 0 Å². The predicted molar refractivity (Wildman–Crippen MR) is 79.9 cm³/mol. The highest BCUT2D eigenvalue weighted by Gasteiger charge is 2.19. The number of ether oxygens (including phenoxy) is 1. The zero-order valence-corrected chi connectivity index (χ0v) is 12.6. The fourth-order valence-electron chi connectivity index (χ4n) is 2.21. The highest BCUT2D eigenvalue weighted by Crippen LogP contribution is 2.16. The summed E-state index contributed by atoms with van der Waals surface area (Å²) >= 11 is 0. The lowest BCUT2D eigenvalue weighted by Crippen LogP contribution is -2.36. The van der Waals surface area contributed by atoms with Crippen molar-refractivity contribution in [2.45, 2.75) is 45.1 Å². The van der Waals surface area contributed by atoms with Crippen LogP contribution in [0.15, 0.2) is 6.20 Å². The molecule has 1 amide bonds. The third-order valence-corrected chi connectivity index (χ3v) is 3.46. The van der Waals surface area contributed by atoms with Crippen LogP contribution in [0, 0.1) is 0 Å². The fraction of sp³-hybridized carbons (Fsp3) is 0.643. The molecule has 1 aromatic heterocycles. The molecule has 1 fully saturated rings. The van der Waals surface area contributed by atoms with Gasteiger partial charge in [0.05, 0.1) is 18.0 Å². The number of nitrogen functional groups attached to an aromatic ring is 1. The molecule has 0 radical (unpaired) electrons. The first-order valence-electron chi connectivity index (χ1n) is 7.35. The molecule has 7 heteroatoms. The van der Waals surface area contributed by atoms with Crippen LogP contribution in [0.5, 0.6) is 0 Å². The Labute approximate surface area is 124 Å². The van der Waals surface area contributed by atoms with Crippen LogP contribution in [-0.2, 0) is 4.74 Å². The predicted octanol–water partition coefficient (Wildman–Crippen LogP) is 1.18. The van der Waals surface area contributed by atoms with Gasteiger partial charge in [0, 0.05) is 19.1 Å². The maximum absolute atomic E-state index is 12.3. The van der Waals surface area contributed by atoms with Crippen molar-refractivity contribution in [3.8, 4) is 0 Å². The van der Waals surface area contributed by atoms with Crippen molar-refractivity contribution in [1.82, 2.24) is 15.3 Å². The maximum atomic E-state index is 12.3. The topological polar surface area (TPSA) is 102 Å². The Morgan fingerprint density at radius 3 is 2.95 bits per heavy atom. The van der Waals surface area contributed by atoms with Crippen molar-refractivity contribution in [2.24, 2.45) is 5.84 Å². The summed E-state index contributed by atoms with van der Waals surface area (Å²) in [5.74, 6) is 5.92. The van der Waals surface area contributed by atoms with Crippen LogP contribution in [0.25, 0.3) is 0 Å². The Balaban J connectivity index is 2.04. The zero-order valence-electron chi connectivity index (χ0n) is 12.6. The monoisotopic (exact) mass is 293 g/mol. The average molecular weight is 293 g/mol. The van der Waals surface area contributed by atoms with E-state index in [1.807, 2.05) is 13.8 Å². The van der Waals surface area contributed by atoms with Crippen LogP contribution in [-0.4, -0.2) is 35.1 Å². The maximum Gasteiger partial charge on any atom is 0.272 e. The number of hydrogen-bond donors (Lipinski definition) is 3. The second kappa shape index (κ2) is 7.33. The molecule has 0 aliphatic carbocycles. The van der Waals surface area contributed by atoms with Gasteiger partial charge in [-0.2, -0.15) is 0 Å². The molecule has 21 heavy (non-hydrogen) atoms. The van der Waals surface area contributed by atoms with Crippen molar-refractivity contribution in [3.63, 3.8) is 0 Å². The minimum Gasteiger partial charge on any atom is -0.376 e. The summed E-state index contributed by atoms with van der Waals surface area (Å²) in [6.07, 6.45) is 4.83. The summed E-state index contributed by atoms with van der Waals surface area (Å²) in [7, 11) is 0. The SMILES string of the molecule is CC(C)c1ncc(NN)c(C(=O)NCC2CCCCO2)n1. The standard InChI is InChI=1S/C14H23N5O2/c1-9(2)13-16-8-11(19-15)12(18-13)14(20)17-7-10-5-3-4-6-21-10/h8-10,19H,3-7,15H2,1-2H3,(H,17,20). The van der Waals surface area contributed by atoms with Gasteiger partial charge in [0.1, 0.15) is 5.82 Å². The fourth-order valence-corrected chi connectivity index (χ4v) is 2.21. The summed E-state index contributed by atoms with van der Waals surface area (Å²) in [4.78, 5) is 20.8. The molecule has 1 saturated heterocycles. The summed E-state index contributed by atoms with van der Waals surface area (Å²) in [5.41, 5.74) is 3.15. The Morgan fingerprint density at radius 1 is 1.52 bits per heavy atom. The van der Waals surface area contributed by atoms with Crippen LogP contribution >= 0.6 is 0 Å². The van der Waals surface area contributed by atoms with Gasteiger partial charge in [0.25, 0.3) is 5.91 Å². The third-order valence-electron chi connectivity index (χ3n) is 3.46. The summed E-state index contributed by atoms with van der Waals surface area (Å²) in [5, 5.41) is 2.86. The molecule has 2 rings (SSSR count). The van der Waals surface area contributed by atoms with Gasteiger partial charge in [-0.1, -0.05) is 13.8 Å². The molecule has 116 valence electrons. The van der Waals surface area contributed by atoms with Crippen LogP contribution in [0.2, 0.25) is 0 Å². The molecule has 1 aromatic rings. The second-order valence-electron chi connectivity index (χ2n) is 5.49. The van der Waals surface area contributed by atoms with E-state index in [4.69, 9.17) is 10.6 Å². The Kier molecular flexibility index (Phi) is 5.46. The van der Waals surface area contributed by atoms with E-state index in [1.54, 1.807) is 0 Å². The van der Waals surface area contributed by atoms with Crippen LogP contribution in [0.4, 0.5) is 5.69 Å². The van der Waals surface area contributed by atoms with E-state index in [-0.39, 0.29) is 23.6 Å². The molecular weight excluding hydrogens is 270 g/mol. The molecule has 0 spiro atoms. The number of nitrogens with zero attached hydrogens (tertiary/aromatic N) is 2. The lowest BCUT2D eigenvalue weighted by molar-refractivity contribution is 0.0168. The van der Waals surface area contributed by atoms with Gasteiger partial charge in [0.2, 0.25) is 0 Å². The number of amides is 1. The Morgan fingerprint density at radius 2 is 2.33 bits per heavy atom. The van der Waals surface area contributed by atoms with E-state index in [2.05, 4.69) is 20.7 Å². The van der Waals surface area contributed by atoms with Gasteiger partial charge in [-0.3, -0.25) is 10.6 Å². The number of nitrogens with two attached hydrogens (primary N) is 1. The number of anilines is 1. The number of hydrogen-bond acceptors (Lipinski definition) is 6. The van der Waals surface area contributed by atoms with Crippen molar-refractivity contribution >= 4 is 11.6 Å². The number of carbonyl (C=O) groups excluding carboxylic acids is 1. The van der Waals surface area contributed by atoms with Gasteiger partial charge < -0.3 is 15.5 Å². The lowest BCUT2D eigenvalue weighted by Gasteiger charge is -2.22. The summed E-state index contributed by atoms with van der Waals surface area (Å²) in [6, 6.07) is 0. The molecule has 1 aliphatic rings. The van der Waals surface area contributed by atoms with E-state index < -0.39 is 0 Å². The second-order valence-corrected chi connectivity index (χ2v) is 5.49.